The van der Waals surface area contributed by atoms with E-state index in [0.717, 1.165) is 28.6 Å². The van der Waals surface area contributed by atoms with E-state index < -0.39 is 21.9 Å². The molecule has 32 heavy (non-hydrogen) atoms. The van der Waals surface area contributed by atoms with Crippen molar-refractivity contribution in [2.24, 2.45) is 4.99 Å². The van der Waals surface area contributed by atoms with Gasteiger partial charge in [0.05, 0.1) is 22.2 Å². The van der Waals surface area contributed by atoms with Crippen LogP contribution in [0.3, 0.4) is 0 Å². The molecule has 1 aliphatic rings. The lowest BCUT2D eigenvalue weighted by molar-refractivity contribution is -0.141. The normalized spacial score (nSPS) is 15.4. The number of rotatable bonds is 5. The Morgan fingerprint density at radius 3 is 2.44 bits per heavy atom. The van der Waals surface area contributed by atoms with Crippen molar-refractivity contribution in [3.63, 3.8) is 0 Å². The van der Waals surface area contributed by atoms with Crippen LogP contribution in [-0.2, 0) is 26.1 Å². The van der Waals surface area contributed by atoms with Crippen molar-refractivity contribution < 1.29 is 22.7 Å². The Morgan fingerprint density at radius 2 is 1.78 bits per heavy atom. The highest BCUT2D eigenvalue weighted by atomic mass is 32.2. The first-order valence-corrected chi connectivity index (χ1v) is 12.4. The smallest absolute Gasteiger partial charge is 0.325 e. The van der Waals surface area contributed by atoms with E-state index >= 15 is 0 Å². The second kappa shape index (κ2) is 8.97. The van der Waals surface area contributed by atoms with Gasteiger partial charge in [-0.2, -0.15) is 9.30 Å². The number of ether oxygens (including phenoxy) is 1. The summed E-state index contributed by atoms with van der Waals surface area (Å²) in [5, 5.41) is 0. The van der Waals surface area contributed by atoms with Gasteiger partial charge in [-0.1, -0.05) is 23.5 Å². The van der Waals surface area contributed by atoms with Crippen molar-refractivity contribution in [2.75, 3.05) is 20.2 Å². The molecular formula is C22H23N3O5S2. The molecule has 2 aromatic carbocycles. The Hall–Kier alpha value is -2.82. The molecule has 10 heteroatoms. The van der Waals surface area contributed by atoms with E-state index in [1.807, 2.05) is 25.1 Å². The summed E-state index contributed by atoms with van der Waals surface area (Å²) in [4.78, 5) is 29.6. The number of hydrogen-bond acceptors (Lipinski definition) is 6. The Kier molecular flexibility index (Phi) is 6.27. The molecule has 1 aromatic heterocycles. The van der Waals surface area contributed by atoms with Crippen molar-refractivity contribution in [1.29, 1.82) is 0 Å². The molecule has 1 aliphatic heterocycles. The highest BCUT2D eigenvalue weighted by molar-refractivity contribution is 7.89. The van der Waals surface area contributed by atoms with Crippen LogP contribution < -0.4 is 4.80 Å². The van der Waals surface area contributed by atoms with E-state index in [2.05, 4.69) is 4.99 Å². The largest absolute Gasteiger partial charge is 0.468 e. The number of carbonyl (C=O) groups is 2. The number of para-hydroxylation sites is 1. The van der Waals surface area contributed by atoms with Gasteiger partial charge in [-0.3, -0.25) is 9.59 Å². The van der Waals surface area contributed by atoms with Gasteiger partial charge < -0.3 is 9.30 Å². The molecular weight excluding hydrogens is 450 g/mol. The zero-order chi connectivity index (χ0) is 22.9. The number of carbonyl (C=O) groups excluding carboxylic acids is 2. The van der Waals surface area contributed by atoms with Crippen LogP contribution in [0.2, 0.25) is 0 Å². The number of sulfonamides is 1. The first-order valence-electron chi connectivity index (χ1n) is 10.2. The number of nitrogens with zero attached hydrogens (tertiary/aromatic N) is 3. The van der Waals surface area contributed by atoms with Crippen LogP contribution in [-0.4, -0.2) is 49.4 Å². The zero-order valence-corrected chi connectivity index (χ0v) is 19.4. The summed E-state index contributed by atoms with van der Waals surface area (Å²) in [7, 11) is -2.24. The van der Waals surface area contributed by atoms with Crippen molar-refractivity contribution >= 4 is 43.5 Å². The monoisotopic (exact) mass is 473 g/mol. The number of aromatic nitrogens is 1. The van der Waals surface area contributed by atoms with Gasteiger partial charge in [0.2, 0.25) is 10.0 Å². The molecule has 0 unspecified atom stereocenters. The predicted molar refractivity (Wildman–Crippen MR) is 121 cm³/mol. The molecule has 0 atom stereocenters. The molecule has 1 saturated heterocycles. The number of fused-ring (bicyclic) bond motifs is 1. The van der Waals surface area contributed by atoms with Crippen LogP contribution in [0.4, 0.5) is 0 Å². The van der Waals surface area contributed by atoms with E-state index in [9.17, 15) is 18.0 Å². The SMILES string of the molecule is COC(=O)Cn1c(=NC(=O)c2ccc(S(=O)(=O)N3CCCC3)cc2)sc2cccc(C)c21. The van der Waals surface area contributed by atoms with E-state index in [1.54, 1.807) is 4.57 Å². The topological polar surface area (TPSA) is 98.0 Å². The van der Waals surface area contributed by atoms with Crippen LogP contribution in [0.1, 0.15) is 28.8 Å². The molecule has 0 spiro atoms. The fraction of sp³-hybridized carbons (Fsp3) is 0.318. The van der Waals surface area contributed by atoms with Gasteiger partial charge in [0.15, 0.2) is 4.80 Å². The molecule has 0 radical (unpaired) electrons. The second-order valence-electron chi connectivity index (χ2n) is 7.52. The van der Waals surface area contributed by atoms with E-state index in [4.69, 9.17) is 4.74 Å². The number of aryl methyl sites for hydroxylation is 1. The molecule has 2 heterocycles. The standard InChI is InChI=1S/C22H23N3O5S2/c1-15-6-5-7-18-20(15)25(14-19(26)30-2)22(31-18)23-21(27)16-8-10-17(11-9-16)32(28,29)24-12-3-4-13-24/h5-11H,3-4,12-14H2,1-2H3. The molecule has 0 bridgehead atoms. The second-order valence-corrected chi connectivity index (χ2v) is 10.5. The third kappa shape index (κ3) is 4.25. The summed E-state index contributed by atoms with van der Waals surface area (Å²) in [5.41, 5.74) is 2.04. The molecule has 4 rings (SSSR count). The maximum absolute atomic E-state index is 12.9. The summed E-state index contributed by atoms with van der Waals surface area (Å²) in [6.07, 6.45) is 1.71. The molecule has 168 valence electrons. The average Bonchev–Trinajstić information content (AvgIpc) is 3.44. The van der Waals surface area contributed by atoms with Gasteiger partial charge in [0.25, 0.3) is 5.91 Å². The third-order valence-electron chi connectivity index (χ3n) is 5.42. The van der Waals surface area contributed by atoms with Gasteiger partial charge in [-0.05, 0) is 55.7 Å². The molecule has 0 aliphatic carbocycles. The number of hydrogen-bond donors (Lipinski definition) is 0. The summed E-state index contributed by atoms with van der Waals surface area (Å²) in [5.74, 6) is -0.962. The van der Waals surface area contributed by atoms with Gasteiger partial charge in [0, 0.05) is 18.7 Å². The molecule has 8 nitrogen and oxygen atoms in total. The Labute approximate surface area is 189 Å². The highest BCUT2D eigenvalue weighted by Crippen LogP contribution is 2.22. The Bertz CT molecular complexity index is 1350. The van der Waals surface area contributed by atoms with Crippen LogP contribution in [0, 0.1) is 6.92 Å². The first-order chi connectivity index (χ1) is 15.3. The number of benzene rings is 2. The quantitative estimate of drug-likeness (QED) is 0.531. The van der Waals surface area contributed by atoms with E-state index in [0.29, 0.717) is 17.9 Å². The zero-order valence-electron chi connectivity index (χ0n) is 17.8. The first kappa shape index (κ1) is 22.4. The number of thiazole rings is 1. The summed E-state index contributed by atoms with van der Waals surface area (Å²) < 4.78 is 34.2. The molecule has 3 aromatic rings. The van der Waals surface area contributed by atoms with Crippen molar-refractivity contribution in [2.45, 2.75) is 31.2 Å². The van der Waals surface area contributed by atoms with Crippen LogP contribution >= 0.6 is 11.3 Å². The highest BCUT2D eigenvalue weighted by Gasteiger charge is 2.27. The van der Waals surface area contributed by atoms with E-state index in [-0.39, 0.29) is 17.0 Å². The fourth-order valence-electron chi connectivity index (χ4n) is 3.73. The average molecular weight is 474 g/mol. The van der Waals surface area contributed by atoms with Crippen LogP contribution in [0.25, 0.3) is 10.2 Å². The molecule has 0 saturated carbocycles. The van der Waals surface area contributed by atoms with E-state index in [1.165, 1.54) is 47.0 Å². The van der Waals surface area contributed by atoms with Crippen molar-refractivity contribution in [1.82, 2.24) is 8.87 Å². The summed E-state index contributed by atoms with van der Waals surface area (Å²) >= 11 is 1.30. The summed E-state index contributed by atoms with van der Waals surface area (Å²) in [6, 6.07) is 11.6. The summed E-state index contributed by atoms with van der Waals surface area (Å²) in [6.45, 7) is 2.89. The van der Waals surface area contributed by atoms with Crippen LogP contribution in [0.5, 0.6) is 0 Å². The lowest BCUT2D eigenvalue weighted by Gasteiger charge is -2.15. The number of esters is 1. The fourth-order valence-corrected chi connectivity index (χ4v) is 6.35. The van der Waals surface area contributed by atoms with Crippen LogP contribution in [0.15, 0.2) is 52.4 Å². The lowest BCUT2D eigenvalue weighted by atomic mass is 10.2. The van der Waals surface area contributed by atoms with Crippen molar-refractivity contribution in [3.05, 3.63) is 58.4 Å². The predicted octanol–water partition coefficient (Wildman–Crippen LogP) is 2.71. The van der Waals surface area contributed by atoms with Gasteiger partial charge in [0.1, 0.15) is 6.54 Å². The lowest BCUT2D eigenvalue weighted by Crippen LogP contribution is -2.27. The molecule has 1 fully saturated rings. The maximum atomic E-state index is 12.9. The number of methoxy groups -OCH3 is 1. The third-order valence-corrected chi connectivity index (χ3v) is 8.38. The molecule has 0 N–H and O–H groups in total. The van der Waals surface area contributed by atoms with Gasteiger partial charge in [-0.15, -0.1) is 0 Å². The maximum Gasteiger partial charge on any atom is 0.325 e. The Balaban J connectivity index is 1.70. The van der Waals surface area contributed by atoms with Gasteiger partial charge >= 0.3 is 5.97 Å². The molecule has 1 amide bonds. The number of amides is 1. The van der Waals surface area contributed by atoms with Crippen molar-refractivity contribution in [3.8, 4) is 0 Å². The Morgan fingerprint density at radius 1 is 1.09 bits per heavy atom. The minimum atomic E-state index is -3.55. The van der Waals surface area contributed by atoms with Gasteiger partial charge in [-0.25, -0.2) is 8.42 Å². The minimum absolute atomic E-state index is 0.0690. The minimum Gasteiger partial charge on any atom is -0.468 e.